The van der Waals surface area contributed by atoms with Gasteiger partial charge in [-0.15, -0.1) is 0 Å². The fourth-order valence-electron chi connectivity index (χ4n) is 4.53. The maximum absolute atomic E-state index is 13.6. The number of anilines is 2. The molecule has 0 radical (unpaired) electrons. The van der Waals surface area contributed by atoms with Gasteiger partial charge in [0.1, 0.15) is 5.82 Å². The minimum absolute atomic E-state index is 0.0740. The van der Waals surface area contributed by atoms with Gasteiger partial charge >= 0.3 is 5.97 Å². The van der Waals surface area contributed by atoms with E-state index in [1.807, 2.05) is 17.1 Å². The second-order valence-corrected chi connectivity index (χ2v) is 8.26. The third-order valence-electron chi connectivity index (χ3n) is 6.02. The minimum atomic E-state index is -0.944. The fourth-order valence-corrected chi connectivity index (χ4v) is 4.70. The molecule has 0 fully saturated rings. The number of benzene rings is 3. The van der Waals surface area contributed by atoms with Crippen LogP contribution < -0.4 is 10.7 Å². The van der Waals surface area contributed by atoms with Gasteiger partial charge in [-0.1, -0.05) is 29.8 Å². The molecule has 1 aliphatic carbocycles. The van der Waals surface area contributed by atoms with Crippen molar-refractivity contribution in [1.82, 2.24) is 0 Å². The molecule has 0 bridgehead atoms. The van der Waals surface area contributed by atoms with Crippen molar-refractivity contribution in [3.8, 4) is 0 Å². The Morgan fingerprint density at radius 3 is 2.61 bits per heavy atom. The minimum Gasteiger partial charge on any atom is -0.478 e. The van der Waals surface area contributed by atoms with Gasteiger partial charge in [-0.2, -0.15) is 5.10 Å². The lowest BCUT2D eigenvalue weighted by Crippen LogP contribution is -2.29. The van der Waals surface area contributed by atoms with E-state index in [0.29, 0.717) is 10.7 Å². The number of halogens is 2. The molecular weight excluding hydrogens is 417 g/mol. The van der Waals surface area contributed by atoms with Crippen molar-refractivity contribution in [1.29, 1.82) is 0 Å². The van der Waals surface area contributed by atoms with Crippen molar-refractivity contribution in [3.63, 3.8) is 0 Å². The largest absolute Gasteiger partial charge is 0.478 e. The van der Waals surface area contributed by atoms with Crippen molar-refractivity contribution in [2.24, 2.45) is 11.0 Å². The summed E-state index contributed by atoms with van der Waals surface area (Å²) < 4.78 is 13.6. The second-order valence-electron chi connectivity index (χ2n) is 7.85. The molecule has 31 heavy (non-hydrogen) atoms. The number of carboxylic acid groups (broad SMARTS) is 1. The van der Waals surface area contributed by atoms with Crippen LogP contribution in [0.25, 0.3) is 0 Å². The van der Waals surface area contributed by atoms with Crippen LogP contribution in [0.3, 0.4) is 0 Å². The zero-order valence-corrected chi connectivity index (χ0v) is 17.2. The molecule has 1 aliphatic heterocycles. The van der Waals surface area contributed by atoms with E-state index in [4.69, 9.17) is 22.4 Å². The zero-order valence-electron chi connectivity index (χ0n) is 16.4. The summed E-state index contributed by atoms with van der Waals surface area (Å²) in [6, 6.07) is 16.9. The predicted octanol–water partition coefficient (Wildman–Crippen LogP) is 5.29. The molecule has 0 unspecified atom stereocenters. The normalized spacial score (nSPS) is 19.5. The van der Waals surface area contributed by atoms with Crippen molar-refractivity contribution in [3.05, 3.63) is 93.8 Å². The van der Waals surface area contributed by atoms with Gasteiger partial charge in [-0.3, -0.25) is 5.01 Å². The third-order valence-corrected chi connectivity index (χ3v) is 6.35. The summed E-state index contributed by atoms with van der Waals surface area (Å²) >= 11 is 6.28. The third kappa shape index (κ3) is 3.33. The number of nitrogen functional groups attached to an aromatic ring is 1. The summed E-state index contributed by atoms with van der Waals surface area (Å²) in [5.74, 6) is -1.16. The highest BCUT2D eigenvalue weighted by Crippen LogP contribution is 2.46. The summed E-state index contributed by atoms with van der Waals surface area (Å²) in [5.41, 5.74) is 11.2. The Morgan fingerprint density at radius 2 is 1.90 bits per heavy atom. The molecule has 0 spiro atoms. The quantitative estimate of drug-likeness (QED) is 0.548. The van der Waals surface area contributed by atoms with Crippen LogP contribution in [0.5, 0.6) is 0 Å². The topological polar surface area (TPSA) is 78.9 Å². The Hall–Kier alpha value is -3.38. The van der Waals surface area contributed by atoms with Gasteiger partial charge in [-0.25, -0.2) is 9.18 Å². The second kappa shape index (κ2) is 7.39. The first kappa shape index (κ1) is 19.6. The number of nitrogens with two attached hydrogens (primary N) is 1. The van der Waals surface area contributed by atoms with Gasteiger partial charge in [0.25, 0.3) is 0 Å². The number of fused-ring (bicyclic) bond motifs is 3. The number of nitrogens with zero attached hydrogens (tertiary/aromatic N) is 2. The Kier molecular flexibility index (Phi) is 4.67. The van der Waals surface area contributed by atoms with Crippen molar-refractivity contribution >= 4 is 34.7 Å². The molecule has 2 aliphatic rings. The van der Waals surface area contributed by atoms with Gasteiger partial charge in [0.15, 0.2) is 0 Å². The smallest absolute Gasteiger partial charge is 0.335 e. The molecule has 1 heterocycles. The Balaban J connectivity index is 1.64. The Labute approximate surface area is 183 Å². The van der Waals surface area contributed by atoms with E-state index in [9.17, 15) is 14.3 Å². The molecule has 0 amide bonds. The van der Waals surface area contributed by atoms with Crippen molar-refractivity contribution in [2.75, 3.05) is 10.7 Å². The average Bonchev–Trinajstić information content (AvgIpc) is 3.15. The predicted molar refractivity (Wildman–Crippen MR) is 119 cm³/mol. The van der Waals surface area contributed by atoms with Gasteiger partial charge in [0.05, 0.1) is 33.7 Å². The molecule has 156 valence electrons. The number of aryl methyl sites for hydroxylation is 1. The number of aromatic carboxylic acids is 1. The first-order valence-corrected chi connectivity index (χ1v) is 10.3. The highest BCUT2D eigenvalue weighted by atomic mass is 35.5. The van der Waals surface area contributed by atoms with E-state index in [-0.39, 0.29) is 23.3 Å². The van der Waals surface area contributed by atoms with E-state index >= 15 is 0 Å². The lowest BCUT2D eigenvalue weighted by atomic mass is 9.77. The maximum atomic E-state index is 13.6. The van der Waals surface area contributed by atoms with Gasteiger partial charge < -0.3 is 10.8 Å². The summed E-state index contributed by atoms with van der Waals surface area (Å²) in [6.45, 7) is 0. The highest BCUT2D eigenvalue weighted by Gasteiger charge is 2.42. The number of carboxylic acids is 1. The molecule has 0 saturated heterocycles. The highest BCUT2D eigenvalue weighted by molar-refractivity contribution is 6.33. The maximum Gasteiger partial charge on any atom is 0.335 e. The number of hydrogen-bond acceptors (Lipinski definition) is 4. The molecule has 0 aromatic heterocycles. The van der Waals surface area contributed by atoms with Crippen molar-refractivity contribution < 1.29 is 14.3 Å². The fraction of sp³-hybridized carbons (Fsp3) is 0.167. The number of rotatable bonds is 3. The number of carbonyl (C=O) groups is 1. The average molecular weight is 436 g/mol. The lowest BCUT2D eigenvalue weighted by Gasteiger charge is -2.31. The van der Waals surface area contributed by atoms with Crippen LogP contribution in [0, 0.1) is 11.7 Å². The molecular formula is C24H19ClFN3O2. The van der Waals surface area contributed by atoms with E-state index in [2.05, 4.69) is 0 Å². The molecule has 5 nitrogen and oxygen atoms in total. The SMILES string of the molecule is Nc1ccc(N2N=C3c4ccc(C(=O)O)cc4CC[C@H]3[C@H]2c2ccc(F)cc2)cc1Cl. The van der Waals surface area contributed by atoms with Crippen LogP contribution in [0.2, 0.25) is 5.02 Å². The Bertz CT molecular complexity index is 1230. The van der Waals surface area contributed by atoms with Crippen LogP contribution in [-0.2, 0) is 6.42 Å². The van der Waals surface area contributed by atoms with E-state index in [0.717, 1.165) is 40.9 Å². The number of hydrazone groups is 1. The van der Waals surface area contributed by atoms with Gasteiger partial charge in [0, 0.05) is 11.5 Å². The summed E-state index contributed by atoms with van der Waals surface area (Å²) in [7, 11) is 0. The first-order chi connectivity index (χ1) is 14.9. The monoisotopic (exact) mass is 435 g/mol. The number of hydrogen-bond donors (Lipinski definition) is 2. The zero-order chi connectivity index (χ0) is 21.7. The van der Waals surface area contributed by atoms with Gasteiger partial charge in [0.2, 0.25) is 0 Å². The van der Waals surface area contributed by atoms with Crippen LogP contribution >= 0.6 is 11.6 Å². The van der Waals surface area contributed by atoms with E-state index in [1.54, 1.807) is 36.4 Å². The van der Waals surface area contributed by atoms with Crippen LogP contribution in [0.4, 0.5) is 15.8 Å². The summed E-state index contributed by atoms with van der Waals surface area (Å²) in [5, 5.41) is 16.6. The van der Waals surface area contributed by atoms with E-state index < -0.39 is 5.97 Å². The van der Waals surface area contributed by atoms with E-state index in [1.165, 1.54) is 12.1 Å². The van der Waals surface area contributed by atoms with Crippen LogP contribution in [0.1, 0.15) is 39.5 Å². The molecule has 0 saturated carbocycles. The lowest BCUT2D eigenvalue weighted by molar-refractivity contribution is 0.0696. The van der Waals surface area contributed by atoms with Crippen LogP contribution in [0.15, 0.2) is 65.8 Å². The van der Waals surface area contributed by atoms with Gasteiger partial charge in [-0.05, 0) is 66.4 Å². The molecule has 2 atom stereocenters. The Morgan fingerprint density at radius 1 is 1.13 bits per heavy atom. The standard InChI is InChI=1S/C24H19ClFN3O2/c25-20-12-17(7-10-21(20)27)29-23(13-1-5-16(26)6-2-13)19-9-3-14-11-15(24(30)31)4-8-18(14)22(19)28-29/h1-2,4-8,10-12,19,23H,3,9,27H2,(H,30,31)/t19-,23-/m1/s1. The molecule has 3 N–H and O–H groups in total. The molecule has 3 aromatic carbocycles. The molecule has 3 aromatic rings. The summed E-state index contributed by atoms with van der Waals surface area (Å²) in [6.07, 6.45) is 1.55. The first-order valence-electron chi connectivity index (χ1n) is 9.97. The molecule has 5 rings (SSSR count). The summed E-state index contributed by atoms with van der Waals surface area (Å²) in [4.78, 5) is 11.4. The molecule has 7 heteroatoms. The van der Waals surface area contributed by atoms with Crippen molar-refractivity contribution in [2.45, 2.75) is 18.9 Å². The van der Waals surface area contributed by atoms with Crippen LogP contribution in [-0.4, -0.2) is 16.8 Å².